The average molecular weight is 376 g/mol. The van der Waals surface area contributed by atoms with Crippen LogP contribution in [-0.4, -0.2) is 34.0 Å². The summed E-state index contributed by atoms with van der Waals surface area (Å²) in [6.45, 7) is 4.74. The summed E-state index contributed by atoms with van der Waals surface area (Å²) in [4.78, 5) is 18.6. The van der Waals surface area contributed by atoms with Gasteiger partial charge in [0.2, 0.25) is 0 Å². The van der Waals surface area contributed by atoms with E-state index >= 15 is 0 Å². The van der Waals surface area contributed by atoms with Crippen LogP contribution < -0.4 is 0 Å². The molecule has 5 nitrogen and oxygen atoms in total. The van der Waals surface area contributed by atoms with Crippen LogP contribution in [0, 0.1) is 6.92 Å². The first-order chi connectivity index (χ1) is 13.6. The zero-order valence-electron chi connectivity index (χ0n) is 16.0. The van der Waals surface area contributed by atoms with Crippen molar-refractivity contribution in [3.63, 3.8) is 0 Å². The van der Waals surface area contributed by atoms with Gasteiger partial charge in [0.15, 0.2) is 0 Å². The van der Waals surface area contributed by atoms with Crippen LogP contribution in [0.5, 0.6) is 0 Å². The predicted molar refractivity (Wildman–Crippen MR) is 107 cm³/mol. The molecule has 144 valence electrons. The number of nitrogens with zero attached hydrogens (tertiary/aromatic N) is 2. The number of furan rings is 1. The van der Waals surface area contributed by atoms with E-state index in [9.17, 15) is 9.90 Å². The van der Waals surface area contributed by atoms with Crippen LogP contribution in [0.4, 0.5) is 0 Å². The Bertz CT molecular complexity index is 979. The number of carboxylic acid groups (broad SMARTS) is 1. The van der Waals surface area contributed by atoms with Crippen molar-refractivity contribution in [2.45, 2.75) is 32.2 Å². The van der Waals surface area contributed by atoms with Gasteiger partial charge in [-0.2, -0.15) is 0 Å². The number of aromatic nitrogens is 1. The Morgan fingerprint density at radius 2 is 2.04 bits per heavy atom. The SMILES string of the molecule is Cc1cccc([C@H]2CCCN(Cc3ccc(-c4ccccc4C(=O)O)o3)C2)n1. The molecule has 1 aliphatic heterocycles. The fourth-order valence-corrected chi connectivity index (χ4v) is 3.94. The lowest BCUT2D eigenvalue weighted by Gasteiger charge is -2.31. The van der Waals surface area contributed by atoms with Crippen molar-refractivity contribution < 1.29 is 14.3 Å². The van der Waals surface area contributed by atoms with Crippen molar-refractivity contribution in [2.24, 2.45) is 0 Å². The Hall–Kier alpha value is -2.92. The molecule has 0 bridgehead atoms. The molecule has 1 aromatic carbocycles. The molecule has 3 aromatic rings. The first kappa shape index (κ1) is 18.4. The van der Waals surface area contributed by atoms with E-state index in [1.807, 2.05) is 31.2 Å². The molecule has 1 aliphatic rings. The number of aryl methyl sites for hydroxylation is 1. The Balaban J connectivity index is 1.48. The number of carboxylic acids is 1. The quantitative estimate of drug-likeness (QED) is 0.697. The molecular weight excluding hydrogens is 352 g/mol. The molecule has 1 fully saturated rings. The van der Waals surface area contributed by atoms with E-state index in [0.29, 0.717) is 17.2 Å². The zero-order chi connectivity index (χ0) is 19.5. The molecule has 0 unspecified atom stereocenters. The second kappa shape index (κ2) is 7.98. The van der Waals surface area contributed by atoms with E-state index in [0.717, 1.165) is 43.9 Å². The van der Waals surface area contributed by atoms with Gasteiger partial charge < -0.3 is 9.52 Å². The highest BCUT2D eigenvalue weighted by atomic mass is 16.4. The average Bonchev–Trinajstić information content (AvgIpc) is 3.16. The second-order valence-corrected chi connectivity index (χ2v) is 7.39. The largest absolute Gasteiger partial charge is 0.478 e. The van der Waals surface area contributed by atoms with Gasteiger partial charge in [0, 0.05) is 29.4 Å². The third kappa shape index (κ3) is 3.99. The van der Waals surface area contributed by atoms with E-state index < -0.39 is 5.97 Å². The fraction of sp³-hybridized carbons (Fsp3) is 0.304. The molecule has 28 heavy (non-hydrogen) atoms. The van der Waals surface area contributed by atoms with Gasteiger partial charge >= 0.3 is 5.97 Å². The molecule has 0 radical (unpaired) electrons. The van der Waals surface area contributed by atoms with Crippen molar-refractivity contribution in [3.05, 3.63) is 77.3 Å². The number of likely N-dealkylation sites (tertiary alicyclic amines) is 1. The monoisotopic (exact) mass is 376 g/mol. The lowest BCUT2D eigenvalue weighted by atomic mass is 9.94. The van der Waals surface area contributed by atoms with Crippen LogP contribution in [0.25, 0.3) is 11.3 Å². The minimum atomic E-state index is -0.946. The molecule has 1 atom stereocenters. The maximum atomic E-state index is 11.5. The predicted octanol–water partition coefficient (Wildman–Crippen LogP) is 4.73. The highest BCUT2D eigenvalue weighted by Crippen LogP contribution is 2.29. The number of piperidine rings is 1. The van der Waals surface area contributed by atoms with Crippen molar-refractivity contribution in [2.75, 3.05) is 13.1 Å². The maximum Gasteiger partial charge on any atom is 0.336 e. The second-order valence-electron chi connectivity index (χ2n) is 7.39. The van der Waals surface area contributed by atoms with Gasteiger partial charge in [-0.3, -0.25) is 9.88 Å². The van der Waals surface area contributed by atoms with Crippen LogP contribution in [-0.2, 0) is 6.54 Å². The minimum Gasteiger partial charge on any atom is -0.478 e. The molecular formula is C23H24N2O3. The summed E-state index contributed by atoms with van der Waals surface area (Å²) in [5, 5.41) is 9.40. The van der Waals surface area contributed by atoms with E-state index in [4.69, 9.17) is 9.40 Å². The zero-order valence-corrected chi connectivity index (χ0v) is 16.0. The molecule has 1 saturated heterocycles. The summed E-state index contributed by atoms with van der Waals surface area (Å²) in [7, 11) is 0. The van der Waals surface area contributed by atoms with Crippen LogP contribution in [0.3, 0.4) is 0 Å². The van der Waals surface area contributed by atoms with Crippen molar-refractivity contribution in [1.29, 1.82) is 0 Å². The summed E-state index contributed by atoms with van der Waals surface area (Å²) in [6, 6.07) is 17.0. The lowest BCUT2D eigenvalue weighted by Crippen LogP contribution is -2.34. The van der Waals surface area contributed by atoms with Gasteiger partial charge in [0.1, 0.15) is 11.5 Å². The van der Waals surface area contributed by atoms with Gasteiger partial charge in [-0.25, -0.2) is 4.79 Å². The van der Waals surface area contributed by atoms with Gasteiger partial charge in [0.05, 0.1) is 12.1 Å². The first-order valence-electron chi connectivity index (χ1n) is 9.67. The Morgan fingerprint density at radius 3 is 2.86 bits per heavy atom. The molecule has 0 aliphatic carbocycles. The Kier molecular flexibility index (Phi) is 5.26. The van der Waals surface area contributed by atoms with Gasteiger partial charge in [0.25, 0.3) is 0 Å². The fourth-order valence-electron chi connectivity index (χ4n) is 3.94. The summed E-state index contributed by atoms with van der Waals surface area (Å²) < 4.78 is 6.00. The van der Waals surface area contributed by atoms with E-state index in [-0.39, 0.29) is 5.56 Å². The Labute approximate surface area is 164 Å². The van der Waals surface area contributed by atoms with Crippen LogP contribution in [0.2, 0.25) is 0 Å². The minimum absolute atomic E-state index is 0.256. The standard InChI is InChI=1S/C23H24N2O3/c1-16-6-4-10-21(24-16)17-7-5-13-25(14-17)15-18-11-12-22(28-18)19-8-2-3-9-20(19)23(26)27/h2-4,6,8-12,17H,5,7,13-15H2,1H3,(H,26,27)/t17-/m0/s1. The summed E-state index contributed by atoms with van der Waals surface area (Å²) in [5.41, 5.74) is 3.09. The van der Waals surface area contributed by atoms with E-state index in [1.165, 1.54) is 5.69 Å². The van der Waals surface area contributed by atoms with Crippen molar-refractivity contribution >= 4 is 5.97 Å². The summed E-state index contributed by atoms with van der Waals surface area (Å²) in [6.07, 6.45) is 2.29. The number of aromatic carboxylic acids is 1. The van der Waals surface area contributed by atoms with Crippen LogP contribution in [0.15, 0.2) is 59.0 Å². The normalized spacial score (nSPS) is 17.5. The van der Waals surface area contributed by atoms with Gasteiger partial charge in [-0.05, 0) is 56.6 Å². The highest BCUT2D eigenvalue weighted by Gasteiger charge is 2.23. The molecule has 3 heterocycles. The number of benzene rings is 1. The number of rotatable bonds is 5. The number of pyridine rings is 1. The number of hydrogen-bond acceptors (Lipinski definition) is 4. The van der Waals surface area contributed by atoms with Crippen LogP contribution in [0.1, 0.15) is 46.3 Å². The lowest BCUT2D eigenvalue weighted by molar-refractivity contribution is 0.0697. The van der Waals surface area contributed by atoms with Crippen molar-refractivity contribution in [1.82, 2.24) is 9.88 Å². The summed E-state index contributed by atoms with van der Waals surface area (Å²) >= 11 is 0. The molecule has 1 N–H and O–H groups in total. The molecule has 5 heteroatoms. The Morgan fingerprint density at radius 1 is 1.18 bits per heavy atom. The van der Waals surface area contributed by atoms with E-state index in [1.54, 1.807) is 18.2 Å². The van der Waals surface area contributed by atoms with E-state index in [2.05, 4.69) is 17.0 Å². The number of hydrogen-bond donors (Lipinski definition) is 1. The molecule has 0 saturated carbocycles. The topological polar surface area (TPSA) is 66.6 Å². The third-order valence-corrected chi connectivity index (χ3v) is 5.30. The van der Waals surface area contributed by atoms with Gasteiger partial charge in [-0.15, -0.1) is 0 Å². The highest BCUT2D eigenvalue weighted by molar-refractivity contribution is 5.95. The third-order valence-electron chi connectivity index (χ3n) is 5.30. The number of carbonyl (C=O) groups is 1. The smallest absolute Gasteiger partial charge is 0.336 e. The molecule has 0 spiro atoms. The maximum absolute atomic E-state index is 11.5. The molecule has 4 rings (SSSR count). The summed E-state index contributed by atoms with van der Waals surface area (Å²) in [5.74, 6) is 0.948. The van der Waals surface area contributed by atoms with Crippen molar-refractivity contribution in [3.8, 4) is 11.3 Å². The van der Waals surface area contributed by atoms with Crippen LogP contribution >= 0.6 is 0 Å². The van der Waals surface area contributed by atoms with Gasteiger partial charge in [-0.1, -0.05) is 24.3 Å². The molecule has 2 aromatic heterocycles. The molecule has 0 amide bonds. The first-order valence-corrected chi connectivity index (χ1v) is 9.67.